The fraction of sp³-hybridized carbons (Fsp3) is 0.231. The highest BCUT2D eigenvalue weighted by Gasteiger charge is 2.06. The normalized spacial score (nSPS) is 10.2. The molecule has 0 bridgehead atoms. The van der Waals surface area contributed by atoms with Crippen molar-refractivity contribution in [2.45, 2.75) is 13.5 Å². The maximum atomic E-state index is 4.22. The number of benzene rings is 1. The quantitative estimate of drug-likeness (QED) is 0.911. The second kappa shape index (κ2) is 5.82. The molecule has 0 saturated heterocycles. The van der Waals surface area contributed by atoms with Gasteiger partial charge in [-0.1, -0.05) is 29.8 Å². The molecule has 18 heavy (non-hydrogen) atoms. The predicted octanol–water partition coefficient (Wildman–Crippen LogP) is 3.20. The number of halogens is 1. The molecule has 2 aromatic rings. The number of nitrogens with zero attached hydrogens (tertiary/aromatic N) is 2. The van der Waals surface area contributed by atoms with Crippen molar-refractivity contribution in [1.82, 2.24) is 9.97 Å². The van der Waals surface area contributed by atoms with E-state index in [4.69, 9.17) is 0 Å². The van der Waals surface area contributed by atoms with Crippen LogP contribution in [0.3, 0.4) is 0 Å². The van der Waals surface area contributed by atoms with Crippen LogP contribution in [0.15, 0.2) is 35.1 Å². The van der Waals surface area contributed by atoms with Gasteiger partial charge in [0.15, 0.2) is 0 Å². The van der Waals surface area contributed by atoms with Crippen molar-refractivity contribution in [2.75, 3.05) is 17.7 Å². The number of aromatic nitrogens is 2. The van der Waals surface area contributed by atoms with Crippen molar-refractivity contribution in [2.24, 2.45) is 0 Å². The minimum atomic E-state index is 0.737. The van der Waals surface area contributed by atoms with E-state index < -0.39 is 0 Å². The monoisotopic (exact) mass is 306 g/mol. The van der Waals surface area contributed by atoms with E-state index in [9.17, 15) is 0 Å². The van der Waals surface area contributed by atoms with Gasteiger partial charge in [0.2, 0.25) is 0 Å². The molecule has 0 spiro atoms. The Morgan fingerprint density at radius 1 is 1.22 bits per heavy atom. The van der Waals surface area contributed by atoms with Gasteiger partial charge in [0.1, 0.15) is 22.4 Å². The molecule has 0 amide bonds. The van der Waals surface area contributed by atoms with Crippen LogP contribution in [0, 0.1) is 6.92 Å². The van der Waals surface area contributed by atoms with Crippen molar-refractivity contribution in [3.8, 4) is 0 Å². The number of hydrogen-bond donors (Lipinski definition) is 2. The minimum absolute atomic E-state index is 0.737. The summed E-state index contributed by atoms with van der Waals surface area (Å²) >= 11 is 3.48. The summed E-state index contributed by atoms with van der Waals surface area (Å²) in [7, 11) is 1.83. The molecule has 0 radical (unpaired) electrons. The minimum Gasteiger partial charge on any atom is -0.372 e. The summed E-state index contributed by atoms with van der Waals surface area (Å²) in [5, 5.41) is 6.30. The molecule has 0 aliphatic carbocycles. The standard InChI is InChI=1S/C13H15BrN4/c1-9-4-3-5-10(6-9)7-16-13-11(14)12(15-2)17-8-18-13/h3-6,8H,7H2,1-2H3,(H2,15,16,17,18). The lowest BCUT2D eigenvalue weighted by molar-refractivity contribution is 1.07. The van der Waals surface area contributed by atoms with Crippen LogP contribution in [-0.2, 0) is 6.54 Å². The van der Waals surface area contributed by atoms with Gasteiger partial charge >= 0.3 is 0 Å². The lowest BCUT2D eigenvalue weighted by atomic mass is 10.1. The third kappa shape index (κ3) is 2.98. The molecular formula is C13H15BrN4. The molecule has 1 aromatic heterocycles. The molecule has 2 N–H and O–H groups in total. The average Bonchev–Trinajstić information content (AvgIpc) is 2.38. The average molecular weight is 307 g/mol. The first-order chi connectivity index (χ1) is 8.70. The Bertz CT molecular complexity index is 542. The second-order valence-corrected chi connectivity index (χ2v) is 4.77. The highest BCUT2D eigenvalue weighted by Crippen LogP contribution is 2.26. The molecule has 4 nitrogen and oxygen atoms in total. The zero-order valence-corrected chi connectivity index (χ0v) is 12.0. The van der Waals surface area contributed by atoms with E-state index in [1.165, 1.54) is 17.5 Å². The van der Waals surface area contributed by atoms with Gasteiger partial charge in [-0.2, -0.15) is 0 Å². The number of aryl methyl sites for hydroxylation is 1. The molecule has 0 atom stereocenters. The summed E-state index contributed by atoms with van der Waals surface area (Å²) in [6.07, 6.45) is 1.54. The second-order valence-electron chi connectivity index (χ2n) is 3.98. The zero-order chi connectivity index (χ0) is 13.0. The highest BCUT2D eigenvalue weighted by molar-refractivity contribution is 9.10. The van der Waals surface area contributed by atoms with Crippen LogP contribution in [0.2, 0.25) is 0 Å². The van der Waals surface area contributed by atoms with E-state index in [2.05, 4.69) is 67.7 Å². The lowest BCUT2D eigenvalue weighted by Crippen LogP contribution is -2.04. The maximum absolute atomic E-state index is 4.22. The van der Waals surface area contributed by atoms with E-state index in [-0.39, 0.29) is 0 Å². The molecular weight excluding hydrogens is 292 g/mol. The van der Waals surface area contributed by atoms with Crippen LogP contribution in [0.1, 0.15) is 11.1 Å². The first-order valence-corrected chi connectivity index (χ1v) is 6.47. The van der Waals surface area contributed by atoms with Crippen LogP contribution < -0.4 is 10.6 Å². The Labute approximate surface area is 115 Å². The topological polar surface area (TPSA) is 49.8 Å². The summed E-state index contributed by atoms with van der Waals surface area (Å²) in [5.41, 5.74) is 2.48. The summed E-state index contributed by atoms with van der Waals surface area (Å²) < 4.78 is 0.847. The molecule has 0 aliphatic heterocycles. The summed E-state index contributed by atoms with van der Waals surface area (Å²) in [6.45, 7) is 2.82. The Hall–Kier alpha value is -1.62. The van der Waals surface area contributed by atoms with Crippen LogP contribution in [-0.4, -0.2) is 17.0 Å². The molecule has 2 rings (SSSR count). The molecule has 1 aromatic carbocycles. The third-order valence-corrected chi connectivity index (χ3v) is 3.32. The molecule has 0 unspecified atom stereocenters. The Morgan fingerprint density at radius 2 is 2.00 bits per heavy atom. The Balaban J connectivity index is 2.11. The van der Waals surface area contributed by atoms with Crippen molar-refractivity contribution in [3.63, 3.8) is 0 Å². The Morgan fingerprint density at radius 3 is 2.72 bits per heavy atom. The first kappa shape index (κ1) is 12.8. The largest absolute Gasteiger partial charge is 0.372 e. The first-order valence-electron chi connectivity index (χ1n) is 5.68. The van der Waals surface area contributed by atoms with Gasteiger partial charge in [0.25, 0.3) is 0 Å². The predicted molar refractivity (Wildman–Crippen MR) is 77.8 cm³/mol. The molecule has 5 heteroatoms. The lowest BCUT2D eigenvalue weighted by Gasteiger charge is -2.10. The van der Waals surface area contributed by atoms with Crippen molar-refractivity contribution < 1.29 is 0 Å². The number of hydrogen-bond acceptors (Lipinski definition) is 4. The summed E-state index contributed by atoms with van der Waals surface area (Å²) in [5.74, 6) is 1.56. The van der Waals surface area contributed by atoms with E-state index in [1.807, 2.05) is 7.05 Å². The van der Waals surface area contributed by atoms with Crippen molar-refractivity contribution in [1.29, 1.82) is 0 Å². The van der Waals surface area contributed by atoms with Crippen molar-refractivity contribution >= 4 is 27.6 Å². The van der Waals surface area contributed by atoms with Crippen LogP contribution in [0.5, 0.6) is 0 Å². The van der Waals surface area contributed by atoms with Gasteiger partial charge < -0.3 is 10.6 Å². The molecule has 94 valence electrons. The summed E-state index contributed by atoms with van der Waals surface area (Å²) in [6, 6.07) is 8.39. The molecule has 0 saturated carbocycles. The zero-order valence-electron chi connectivity index (χ0n) is 10.4. The van der Waals surface area contributed by atoms with Gasteiger partial charge in [-0.05, 0) is 28.4 Å². The molecule has 0 aliphatic rings. The molecule has 1 heterocycles. The van der Waals surface area contributed by atoms with Crippen LogP contribution >= 0.6 is 15.9 Å². The van der Waals surface area contributed by atoms with Crippen LogP contribution in [0.25, 0.3) is 0 Å². The highest BCUT2D eigenvalue weighted by atomic mass is 79.9. The van der Waals surface area contributed by atoms with Gasteiger partial charge in [0.05, 0.1) is 0 Å². The number of anilines is 2. The van der Waals surface area contributed by atoms with Crippen molar-refractivity contribution in [3.05, 3.63) is 46.2 Å². The number of nitrogens with one attached hydrogen (secondary N) is 2. The SMILES string of the molecule is CNc1ncnc(NCc2cccc(C)c2)c1Br. The maximum Gasteiger partial charge on any atom is 0.146 e. The van der Waals surface area contributed by atoms with Crippen LogP contribution in [0.4, 0.5) is 11.6 Å². The number of rotatable bonds is 4. The van der Waals surface area contributed by atoms with Gasteiger partial charge in [0, 0.05) is 13.6 Å². The third-order valence-electron chi connectivity index (χ3n) is 2.57. The van der Waals surface area contributed by atoms with E-state index in [0.29, 0.717) is 0 Å². The van der Waals surface area contributed by atoms with Gasteiger partial charge in [-0.3, -0.25) is 0 Å². The van der Waals surface area contributed by atoms with Gasteiger partial charge in [-0.15, -0.1) is 0 Å². The summed E-state index contributed by atoms with van der Waals surface area (Å²) in [4.78, 5) is 8.33. The van der Waals surface area contributed by atoms with E-state index >= 15 is 0 Å². The van der Waals surface area contributed by atoms with E-state index in [0.717, 1.165) is 22.7 Å². The van der Waals surface area contributed by atoms with Gasteiger partial charge in [-0.25, -0.2) is 9.97 Å². The van der Waals surface area contributed by atoms with E-state index in [1.54, 1.807) is 0 Å². The molecule has 0 fully saturated rings. The fourth-order valence-electron chi connectivity index (χ4n) is 1.68. The Kier molecular flexibility index (Phi) is 4.15. The fourth-order valence-corrected chi connectivity index (χ4v) is 2.22. The smallest absolute Gasteiger partial charge is 0.146 e.